The standard InChI is InChI=1S/C10H17N3O2/c1-2-4-11-6-9-12-10(13-15-9)8-3-5-14-7-8/h8,11H,2-7H2,1H3. The Morgan fingerprint density at radius 2 is 2.47 bits per heavy atom. The fourth-order valence-electron chi connectivity index (χ4n) is 1.62. The molecule has 1 aliphatic rings. The summed E-state index contributed by atoms with van der Waals surface area (Å²) in [5, 5.41) is 7.20. The zero-order valence-electron chi connectivity index (χ0n) is 9.03. The van der Waals surface area contributed by atoms with Crippen molar-refractivity contribution in [2.75, 3.05) is 19.8 Å². The molecule has 0 saturated carbocycles. The fraction of sp³-hybridized carbons (Fsp3) is 0.800. The Bertz CT molecular complexity index is 295. The summed E-state index contributed by atoms with van der Waals surface area (Å²) in [5.41, 5.74) is 0. The summed E-state index contributed by atoms with van der Waals surface area (Å²) in [5.74, 6) is 1.79. The molecular weight excluding hydrogens is 194 g/mol. The third-order valence-electron chi connectivity index (χ3n) is 2.48. The Labute approximate surface area is 89.2 Å². The molecule has 0 aliphatic carbocycles. The van der Waals surface area contributed by atoms with E-state index >= 15 is 0 Å². The highest BCUT2D eigenvalue weighted by molar-refractivity contribution is 4.97. The van der Waals surface area contributed by atoms with Gasteiger partial charge in [-0.1, -0.05) is 12.1 Å². The van der Waals surface area contributed by atoms with Gasteiger partial charge < -0.3 is 14.6 Å². The molecule has 1 unspecified atom stereocenters. The highest BCUT2D eigenvalue weighted by Gasteiger charge is 2.22. The van der Waals surface area contributed by atoms with Crippen LogP contribution < -0.4 is 5.32 Å². The van der Waals surface area contributed by atoms with Crippen molar-refractivity contribution in [1.82, 2.24) is 15.5 Å². The van der Waals surface area contributed by atoms with Crippen molar-refractivity contribution in [3.05, 3.63) is 11.7 Å². The summed E-state index contributed by atoms with van der Waals surface area (Å²) in [4.78, 5) is 4.34. The maximum atomic E-state index is 5.28. The first-order valence-electron chi connectivity index (χ1n) is 5.51. The molecule has 84 valence electrons. The predicted molar refractivity (Wildman–Crippen MR) is 54.5 cm³/mol. The highest BCUT2D eigenvalue weighted by Crippen LogP contribution is 2.22. The first kappa shape index (κ1) is 10.6. The Balaban J connectivity index is 1.86. The van der Waals surface area contributed by atoms with Crippen LogP contribution in [0.25, 0.3) is 0 Å². The summed E-state index contributed by atoms with van der Waals surface area (Å²) in [6, 6.07) is 0. The lowest BCUT2D eigenvalue weighted by Gasteiger charge is -1.98. The van der Waals surface area contributed by atoms with Gasteiger partial charge in [-0.3, -0.25) is 0 Å². The van der Waals surface area contributed by atoms with E-state index in [-0.39, 0.29) is 0 Å². The maximum absolute atomic E-state index is 5.28. The van der Waals surface area contributed by atoms with Crippen LogP contribution in [0.3, 0.4) is 0 Å². The van der Waals surface area contributed by atoms with Crippen molar-refractivity contribution in [3.8, 4) is 0 Å². The maximum Gasteiger partial charge on any atom is 0.240 e. The second-order valence-electron chi connectivity index (χ2n) is 3.78. The Morgan fingerprint density at radius 3 is 3.20 bits per heavy atom. The lowest BCUT2D eigenvalue weighted by atomic mass is 10.1. The van der Waals surface area contributed by atoms with Gasteiger partial charge in [-0.2, -0.15) is 4.98 Å². The second-order valence-corrected chi connectivity index (χ2v) is 3.78. The molecule has 1 saturated heterocycles. The van der Waals surface area contributed by atoms with Crippen LogP contribution in [0.2, 0.25) is 0 Å². The molecular formula is C10H17N3O2. The van der Waals surface area contributed by atoms with E-state index in [1.54, 1.807) is 0 Å². The lowest BCUT2D eigenvalue weighted by molar-refractivity contribution is 0.192. The molecule has 5 nitrogen and oxygen atoms in total. The van der Waals surface area contributed by atoms with Crippen LogP contribution in [0.4, 0.5) is 0 Å². The van der Waals surface area contributed by atoms with Crippen molar-refractivity contribution >= 4 is 0 Å². The summed E-state index contributed by atoms with van der Waals surface area (Å²) >= 11 is 0. The van der Waals surface area contributed by atoms with Crippen LogP contribution in [0.5, 0.6) is 0 Å². The minimum atomic E-state index is 0.327. The smallest absolute Gasteiger partial charge is 0.240 e. The van der Waals surface area contributed by atoms with Crippen LogP contribution in [-0.2, 0) is 11.3 Å². The first-order chi connectivity index (χ1) is 7.40. The fourth-order valence-corrected chi connectivity index (χ4v) is 1.62. The molecule has 2 heterocycles. The molecule has 2 rings (SSSR count). The minimum absolute atomic E-state index is 0.327. The third kappa shape index (κ3) is 2.76. The molecule has 1 aromatic heterocycles. The molecule has 0 radical (unpaired) electrons. The molecule has 1 N–H and O–H groups in total. The van der Waals surface area contributed by atoms with E-state index in [4.69, 9.17) is 9.26 Å². The van der Waals surface area contributed by atoms with Crippen molar-refractivity contribution in [3.63, 3.8) is 0 Å². The largest absolute Gasteiger partial charge is 0.381 e. The van der Waals surface area contributed by atoms with Crippen molar-refractivity contribution in [2.45, 2.75) is 32.2 Å². The molecule has 1 aromatic rings. The van der Waals surface area contributed by atoms with Crippen LogP contribution in [0.15, 0.2) is 4.52 Å². The summed E-state index contributed by atoms with van der Waals surface area (Å²) in [6.07, 6.45) is 2.11. The second kappa shape index (κ2) is 5.23. The van der Waals surface area contributed by atoms with Gasteiger partial charge in [0.2, 0.25) is 5.89 Å². The number of rotatable bonds is 5. The van der Waals surface area contributed by atoms with E-state index in [0.717, 1.165) is 38.4 Å². The van der Waals surface area contributed by atoms with Gasteiger partial charge in [0.15, 0.2) is 5.82 Å². The molecule has 0 spiro atoms. The number of ether oxygens (including phenoxy) is 1. The minimum Gasteiger partial charge on any atom is -0.381 e. The number of nitrogens with zero attached hydrogens (tertiary/aromatic N) is 2. The Morgan fingerprint density at radius 1 is 1.53 bits per heavy atom. The topological polar surface area (TPSA) is 60.2 Å². The molecule has 1 atom stereocenters. The van der Waals surface area contributed by atoms with E-state index in [1.807, 2.05) is 0 Å². The van der Waals surface area contributed by atoms with E-state index in [0.29, 0.717) is 18.4 Å². The summed E-state index contributed by atoms with van der Waals surface area (Å²) < 4.78 is 10.4. The van der Waals surface area contributed by atoms with Crippen LogP contribution in [0, 0.1) is 0 Å². The first-order valence-corrected chi connectivity index (χ1v) is 5.51. The van der Waals surface area contributed by atoms with Gasteiger partial charge in [-0.05, 0) is 19.4 Å². The average molecular weight is 211 g/mol. The zero-order chi connectivity index (χ0) is 10.5. The van der Waals surface area contributed by atoms with Crippen molar-refractivity contribution in [1.29, 1.82) is 0 Å². The van der Waals surface area contributed by atoms with Gasteiger partial charge in [-0.15, -0.1) is 0 Å². The molecule has 0 aromatic carbocycles. The van der Waals surface area contributed by atoms with Crippen LogP contribution >= 0.6 is 0 Å². The van der Waals surface area contributed by atoms with Gasteiger partial charge in [0, 0.05) is 12.5 Å². The van der Waals surface area contributed by atoms with E-state index < -0.39 is 0 Å². The molecule has 0 amide bonds. The van der Waals surface area contributed by atoms with Crippen molar-refractivity contribution < 1.29 is 9.26 Å². The Kier molecular flexibility index (Phi) is 3.69. The average Bonchev–Trinajstić information content (AvgIpc) is 2.87. The Hall–Kier alpha value is -0.940. The van der Waals surface area contributed by atoms with Crippen LogP contribution in [-0.4, -0.2) is 29.9 Å². The van der Waals surface area contributed by atoms with E-state index in [2.05, 4.69) is 22.4 Å². The number of aromatic nitrogens is 2. The number of nitrogens with one attached hydrogen (secondary N) is 1. The zero-order valence-corrected chi connectivity index (χ0v) is 9.03. The molecule has 0 bridgehead atoms. The lowest BCUT2D eigenvalue weighted by Crippen LogP contribution is -2.14. The van der Waals surface area contributed by atoms with E-state index in [9.17, 15) is 0 Å². The van der Waals surface area contributed by atoms with Gasteiger partial charge in [0.05, 0.1) is 13.2 Å². The van der Waals surface area contributed by atoms with Crippen molar-refractivity contribution in [2.24, 2.45) is 0 Å². The van der Waals surface area contributed by atoms with Crippen LogP contribution in [0.1, 0.15) is 37.4 Å². The van der Waals surface area contributed by atoms with Gasteiger partial charge in [0.25, 0.3) is 0 Å². The summed E-state index contributed by atoms with van der Waals surface area (Å²) in [7, 11) is 0. The monoisotopic (exact) mass is 211 g/mol. The third-order valence-corrected chi connectivity index (χ3v) is 2.48. The molecule has 15 heavy (non-hydrogen) atoms. The quantitative estimate of drug-likeness (QED) is 0.738. The normalized spacial score (nSPS) is 21.0. The van der Waals surface area contributed by atoms with Gasteiger partial charge in [-0.25, -0.2) is 0 Å². The molecule has 1 aliphatic heterocycles. The SMILES string of the molecule is CCCNCc1nc(C2CCOC2)no1. The number of hydrogen-bond acceptors (Lipinski definition) is 5. The highest BCUT2D eigenvalue weighted by atomic mass is 16.5. The van der Waals surface area contributed by atoms with E-state index in [1.165, 1.54) is 0 Å². The molecule has 1 fully saturated rings. The summed E-state index contributed by atoms with van der Waals surface area (Å²) in [6.45, 7) is 5.30. The number of hydrogen-bond donors (Lipinski definition) is 1. The predicted octanol–water partition coefficient (Wildman–Crippen LogP) is 1.07. The van der Waals surface area contributed by atoms with Gasteiger partial charge in [0.1, 0.15) is 0 Å². The van der Waals surface area contributed by atoms with Gasteiger partial charge >= 0.3 is 0 Å². The molecule has 5 heteroatoms.